The zero-order chi connectivity index (χ0) is 8.65. The van der Waals surface area contributed by atoms with E-state index in [-0.39, 0.29) is 11.4 Å². The average molecular weight is 166 g/mol. The average Bonchev–Trinajstić information content (AvgIpc) is 2.11. The van der Waals surface area contributed by atoms with Gasteiger partial charge in [-0.25, -0.2) is 0 Å². The number of rotatable bonds is 0. The van der Waals surface area contributed by atoms with Gasteiger partial charge in [0.1, 0.15) is 0 Å². The van der Waals surface area contributed by atoms with Crippen LogP contribution in [0.15, 0.2) is 4.52 Å². The molecular weight excluding hydrogens is 161 g/mol. The second kappa shape index (κ2) is 2.14. The van der Waals surface area contributed by atoms with Crippen LogP contribution in [0.3, 0.4) is 0 Å². The van der Waals surface area contributed by atoms with Gasteiger partial charge in [-0.15, -0.1) is 0 Å². The van der Waals surface area contributed by atoms with Crippen molar-refractivity contribution in [1.29, 1.82) is 0 Å². The number of hydrogen-bond donors (Lipinski definition) is 1. The van der Waals surface area contributed by atoms with Gasteiger partial charge in [-0.05, 0) is 6.92 Å². The Bertz CT molecular complexity index is 265. The molecule has 0 atom stereocenters. The number of nitrogen functional groups attached to an aromatic ring is 1. The lowest BCUT2D eigenvalue weighted by Crippen LogP contribution is -2.07. The van der Waals surface area contributed by atoms with Gasteiger partial charge in [-0.2, -0.15) is 13.2 Å². The first-order valence-electron chi connectivity index (χ1n) is 2.72. The van der Waals surface area contributed by atoms with Crippen LogP contribution in [0.2, 0.25) is 0 Å². The molecule has 0 unspecified atom stereocenters. The Morgan fingerprint density at radius 1 is 1.45 bits per heavy atom. The van der Waals surface area contributed by atoms with E-state index in [2.05, 4.69) is 9.68 Å². The maximum absolute atomic E-state index is 11.9. The standard InChI is InChI=1S/C5H5F3N2O/c1-2-3(5(6,7)8)10-11-4(2)9/h9H2,1H3. The van der Waals surface area contributed by atoms with Crippen molar-refractivity contribution >= 4 is 5.88 Å². The summed E-state index contributed by atoms with van der Waals surface area (Å²) in [7, 11) is 0. The van der Waals surface area contributed by atoms with Crippen molar-refractivity contribution in [2.45, 2.75) is 13.1 Å². The minimum absolute atomic E-state index is 0.169. The van der Waals surface area contributed by atoms with E-state index < -0.39 is 11.9 Å². The third-order valence-corrected chi connectivity index (χ3v) is 1.23. The van der Waals surface area contributed by atoms with Crippen molar-refractivity contribution in [3.63, 3.8) is 0 Å². The van der Waals surface area contributed by atoms with E-state index in [9.17, 15) is 13.2 Å². The Kier molecular flexibility index (Phi) is 1.54. The molecule has 0 amide bonds. The summed E-state index contributed by atoms with van der Waals surface area (Å²) in [6, 6.07) is 0. The summed E-state index contributed by atoms with van der Waals surface area (Å²) in [5.74, 6) is -0.294. The summed E-state index contributed by atoms with van der Waals surface area (Å²) in [5.41, 5.74) is 3.78. The summed E-state index contributed by atoms with van der Waals surface area (Å²) >= 11 is 0. The summed E-state index contributed by atoms with van der Waals surface area (Å²) in [6.07, 6.45) is -4.48. The molecule has 0 fully saturated rings. The molecule has 0 aliphatic heterocycles. The van der Waals surface area contributed by atoms with Crippen LogP contribution < -0.4 is 5.73 Å². The van der Waals surface area contributed by atoms with Gasteiger partial charge in [0, 0.05) is 5.56 Å². The molecule has 0 saturated heterocycles. The molecule has 0 radical (unpaired) electrons. The summed E-state index contributed by atoms with van der Waals surface area (Å²) in [5, 5.41) is 2.76. The van der Waals surface area contributed by atoms with Gasteiger partial charge in [0.15, 0.2) is 5.69 Å². The van der Waals surface area contributed by atoms with Crippen molar-refractivity contribution in [2.24, 2.45) is 0 Å². The summed E-state index contributed by atoms with van der Waals surface area (Å²) in [4.78, 5) is 0. The maximum Gasteiger partial charge on any atom is 0.437 e. The molecule has 1 rings (SSSR count). The molecule has 1 aromatic rings. The monoisotopic (exact) mass is 166 g/mol. The highest BCUT2D eigenvalue weighted by atomic mass is 19.4. The highest BCUT2D eigenvalue weighted by Crippen LogP contribution is 2.32. The highest BCUT2D eigenvalue weighted by molar-refractivity contribution is 5.38. The highest BCUT2D eigenvalue weighted by Gasteiger charge is 2.37. The van der Waals surface area contributed by atoms with Crippen molar-refractivity contribution < 1.29 is 17.7 Å². The number of alkyl halides is 3. The third kappa shape index (κ3) is 1.28. The fourth-order valence-corrected chi connectivity index (χ4v) is 0.613. The van der Waals surface area contributed by atoms with E-state index in [0.717, 1.165) is 0 Å². The fourth-order valence-electron chi connectivity index (χ4n) is 0.613. The second-order valence-corrected chi connectivity index (χ2v) is 2.02. The molecule has 62 valence electrons. The number of aromatic nitrogens is 1. The van der Waals surface area contributed by atoms with Crippen LogP contribution in [-0.2, 0) is 6.18 Å². The van der Waals surface area contributed by atoms with Crippen LogP contribution >= 0.6 is 0 Å². The summed E-state index contributed by atoms with van der Waals surface area (Å²) in [6.45, 7) is 1.20. The molecule has 3 nitrogen and oxygen atoms in total. The SMILES string of the molecule is Cc1c(C(F)(F)F)noc1N. The first-order valence-corrected chi connectivity index (χ1v) is 2.72. The van der Waals surface area contributed by atoms with Gasteiger partial charge in [0.2, 0.25) is 5.88 Å². The molecule has 6 heteroatoms. The molecule has 1 heterocycles. The minimum atomic E-state index is -4.48. The Morgan fingerprint density at radius 3 is 2.18 bits per heavy atom. The molecule has 0 aliphatic carbocycles. The smallest absolute Gasteiger partial charge is 0.367 e. The third-order valence-electron chi connectivity index (χ3n) is 1.23. The van der Waals surface area contributed by atoms with Crippen LogP contribution in [0, 0.1) is 6.92 Å². The molecule has 1 aromatic heterocycles. The van der Waals surface area contributed by atoms with E-state index in [0.29, 0.717) is 0 Å². The minimum Gasteiger partial charge on any atom is -0.367 e. The Morgan fingerprint density at radius 2 is 2.00 bits per heavy atom. The zero-order valence-electron chi connectivity index (χ0n) is 5.57. The Balaban J connectivity index is 3.15. The van der Waals surface area contributed by atoms with Gasteiger partial charge in [0.25, 0.3) is 0 Å². The van der Waals surface area contributed by atoms with E-state index >= 15 is 0 Å². The largest absolute Gasteiger partial charge is 0.437 e. The lowest BCUT2D eigenvalue weighted by atomic mass is 10.2. The Labute approximate surface area is 60.0 Å². The molecular formula is C5H5F3N2O. The van der Waals surface area contributed by atoms with Crippen molar-refractivity contribution in [1.82, 2.24) is 5.16 Å². The van der Waals surface area contributed by atoms with Crippen LogP contribution in [0.4, 0.5) is 19.1 Å². The summed E-state index contributed by atoms with van der Waals surface area (Å²) < 4.78 is 39.8. The predicted molar refractivity (Wildman–Crippen MR) is 30.7 cm³/mol. The van der Waals surface area contributed by atoms with Crippen molar-refractivity contribution in [2.75, 3.05) is 5.73 Å². The van der Waals surface area contributed by atoms with E-state index in [4.69, 9.17) is 5.73 Å². The molecule has 0 aromatic carbocycles. The normalized spacial score (nSPS) is 12.0. The lowest BCUT2D eigenvalue weighted by Gasteiger charge is -2.00. The molecule has 0 aliphatic rings. The van der Waals surface area contributed by atoms with Gasteiger partial charge >= 0.3 is 6.18 Å². The van der Waals surface area contributed by atoms with E-state index in [1.54, 1.807) is 0 Å². The van der Waals surface area contributed by atoms with Gasteiger partial charge < -0.3 is 10.3 Å². The van der Waals surface area contributed by atoms with E-state index in [1.165, 1.54) is 6.92 Å². The van der Waals surface area contributed by atoms with Crippen LogP contribution in [0.1, 0.15) is 11.3 Å². The fraction of sp³-hybridized carbons (Fsp3) is 0.400. The lowest BCUT2D eigenvalue weighted by molar-refractivity contribution is -0.143. The molecule has 0 spiro atoms. The number of nitrogens with two attached hydrogens (primary N) is 1. The Hall–Kier alpha value is -1.20. The number of halogens is 3. The van der Waals surface area contributed by atoms with Crippen LogP contribution in [-0.4, -0.2) is 5.16 Å². The van der Waals surface area contributed by atoms with Gasteiger partial charge in [-0.1, -0.05) is 5.16 Å². The maximum atomic E-state index is 11.9. The second-order valence-electron chi connectivity index (χ2n) is 2.02. The number of hydrogen-bond acceptors (Lipinski definition) is 3. The first-order chi connectivity index (χ1) is 4.93. The van der Waals surface area contributed by atoms with Gasteiger partial charge in [0.05, 0.1) is 0 Å². The van der Waals surface area contributed by atoms with Crippen molar-refractivity contribution in [3.05, 3.63) is 11.3 Å². The molecule has 11 heavy (non-hydrogen) atoms. The van der Waals surface area contributed by atoms with Crippen LogP contribution in [0.5, 0.6) is 0 Å². The van der Waals surface area contributed by atoms with E-state index in [1.807, 2.05) is 0 Å². The topological polar surface area (TPSA) is 52.0 Å². The first kappa shape index (κ1) is 7.90. The number of nitrogens with zero attached hydrogens (tertiary/aromatic N) is 1. The number of anilines is 1. The quantitative estimate of drug-likeness (QED) is 0.636. The zero-order valence-corrected chi connectivity index (χ0v) is 5.57. The van der Waals surface area contributed by atoms with Gasteiger partial charge in [-0.3, -0.25) is 0 Å². The molecule has 0 saturated carbocycles. The van der Waals surface area contributed by atoms with Crippen LogP contribution in [0.25, 0.3) is 0 Å². The molecule has 0 bridgehead atoms. The van der Waals surface area contributed by atoms with Crippen molar-refractivity contribution in [3.8, 4) is 0 Å². The molecule has 2 N–H and O–H groups in total. The predicted octanol–water partition coefficient (Wildman–Crippen LogP) is 1.58.